The molecule has 0 saturated heterocycles. The Morgan fingerprint density at radius 3 is 1.40 bits per heavy atom. The van der Waals surface area contributed by atoms with Crippen LogP contribution in [0.25, 0.3) is 11.1 Å². The molecule has 0 unspecified atom stereocenters. The van der Waals surface area contributed by atoms with Crippen LogP contribution in [0.2, 0.25) is 0 Å². The van der Waals surface area contributed by atoms with Crippen molar-refractivity contribution in [1.82, 2.24) is 9.80 Å². The van der Waals surface area contributed by atoms with Crippen LogP contribution in [-0.2, 0) is 9.59 Å². The second-order valence-electron chi connectivity index (χ2n) is 7.80. The number of nitrogens with zero attached hydrogens (tertiary/aromatic N) is 2. The van der Waals surface area contributed by atoms with E-state index >= 15 is 0 Å². The van der Waals surface area contributed by atoms with Gasteiger partial charge in [0.2, 0.25) is 0 Å². The molecule has 158 valence electrons. The van der Waals surface area contributed by atoms with Crippen molar-refractivity contribution in [1.29, 1.82) is 0 Å². The smallest absolute Gasteiger partial charge is 0.253 e. The first-order valence-corrected chi connectivity index (χ1v) is 9.83. The van der Waals surface area contributed by atoms with Crippen LogP contribution in [0.15, 0.2) is 48.5 Å². The van der Waals surface area contributed by atoms with E-state index in [1.807, 2.05) is 38.1 Å². The molecule has 0 aliphatic heterocycles. The Bertz CT molecular complexity index is 931. The highest BCUT2D eigenvalue weighted by molar-refractivity contribution is 5.98. The Balaban J connectivity index is 2.09. The summed E-state index contributed by atoms with van der Waals surface area (Å²) >= 11 is 0. The average Bonchev–Trinajstić information content (AvgIpc) is 2.72. The van der Waals surface area contributed by atoms with Gasteiger partial charge in [-0.15, -0.1) is 0 Å². The largest absolute Gasteiger partial charge is 0.334 e. The molecule has 0 radical (unpaired) electrons. The first kappa shape index (κ1) is 23.0. The lowest BCUT2D eigenvalue weighted by molar-refractivity contribution is -0.122. The van der Waals surface area contributed by atoms with Gasteiger partial charge in [-0.2, -0.15) is 0 Å². The van der Waals surface area contributed by atoms with Gasteiger partial charge in [-0.1, -0.05) is 38.1 Å². The van der Waals surface area contributed by atoms with E-state index < -0.39 is 0 Å². The van der Waals surface area contributed by atoms with Crippen molar-refractivity contribution in [2.75, 3.05) is 27.2 Å². The van der Waals surface area contributed by atoms with E-state index in [1.54, 1.807) is 38.4 Å². The van der Waals surface area contributed by atoms with Gasteiger partial charge in [-0.25, -0.2) is 0 Å². The summed E-state index contributed by atoms with van der Waals surface area (Å²) in [6.07, 6.45) is 0. The maximum atomic E-state index is 12.5. The Morgan fingerprint density at radius 2 is 1.07 bits per heavy atom. The van der Waals surface area contributed by atoms with Crippen LogP contribution in [0.3, 0.4) is 0 Å². The molecule has 0 aliphatic carbocycles. The van der Waals surface area contributed by atoms with Crippen LogP contribution in [0.5, 0.6) is 0 Å². The van der Waals surface area contributed by atoms with E-state index in [4.69, 9.17) is 0 Å². The molecule has 0 bridgehead atoms. The summed E-state index contributed by atoms with van der Waals surface area (Å²) in [6, 6.07) is 14.2. The van der Waals surface area contributed by atoms with Crippen molar-refractivity contribution in [3.05, 3.63) is 59.7 Å². The molecule has 0 heterocycles. The fraction of sp³-hybridized carbons (Fsp3) is 0.333. The van der Waals surface area contributed by atoms with Crippen molar-refractivity contribution < 1.29 is 19.2 Å². The van der Waals surface area contributed by atoms with Gasteiger partial charge in [0, 0.05) is 31.1 Å². The second kappa shape index (κ2) is 9.96. The summed E-state index contributed by atoms with van der Waals surface area (Å²) in [5, 5.41) is 0. The maximum Gasteiger partial charge on any atom is 0.253 e. The molecule has 0 saturated carbocycles. The maximum absolute atomic E-state index is 12.5. The summed E-state index contributed by atoms with van der Waals surface area (Å²) in [6.45, 7) is 5.24. The minimum Gasteiger partial charge on any atom is -0.334 e. The van der Waals surface area contributed by atoms with Crippen LogP contribution in [0.4, 0.5) is 0 Å². The van der Waals surface area contributed by atoms with Gasteiger partial charge in [0.05, 0.1) is 13.1 Å². The summed E-state index contributed by atoms with van der Waals surface area (Å²) < 4.78 is 0. The van der Waals surface area contributed by atoms with Gasteiger partial charge in [0.1, 0.15) is 5.78 Å². The Hall–Kier alpha value is -3.28. The Morgan fingerprint density at radius 1 is 0.700 bits per heavy atom. The zero-order valence-corrected chi connectivity index (χ0v) is 18.1. The van der Waals surface area contributed by atoms with E-state index in [0.29, 0.717) is 11.1 Å². The minimum atomic E-state index is -0.211. The molecular weight excluding hydrogens is 380 g/mol. The molecule has 0 fully saturated rings. The second-order valence-corrected chi connectivity index (χ2v) is 7.80. The molecule has 0 aromatic heterocycles. The number of hydrogen-bond donors (Lipinski definition) is 0. The number of carbonyl (C=O) groups excluding carboxylic acids is 4. The average molecular weight is 408 g/mol. The monoisotopic (exact) mass is 408 g/mol. The molecule has 2 aromatic rings. The number of carbonyl (C=O) groups is 4. The molecule has 6 heteroatoms. The number of Topliss-reactive ketones (excluding diaryl/α,β-unsaturated/α-hetero) is 2. The number of benzene rings is 2. The van der Waals surface area contributed by atoms with E-state index in [9.17, 15) is 19.2 Å². The molecule has 30 heavy (non-hydrogen) atoms. The molecule has 2 amide bonds. The highest BCUT2D eigenvalue weighted by Crippen LogP contribution is 2.21. The third-order valence-electron chi connectivity index (χ3n) is 4.79. The zero-order valence-electron chi connectivity index (χ0n) is 18.1. The lowest BCUT2D eigenvalue weighted by atomic mass is 10.0. The van der Waals surface area contributed by atoms with Crippen molar-refractivity contribution in [2.24, 2.45) is 5.92 Å². The van der Waals surface area contributed by atoms with E-state index in [0.717, 1.165) is 11.1 Å². The number of likely N-dealkylation sites (N-methyl/N-ethyl adjacent to an activating group) is 2. The van der Waals surface area contributed by atoms with E-state index in [1.165, 1.54) is 16.7 Å². The lowest BCUT2D eigenvalue weighted by Gasteiger charge is -2.18. The third-order valence-corrected chi connectivity index (χ3v) is 4.79. The molecule has 2 aromatic carbocycles. The first-order chi connectivity index (χ1) is 14.1. The fourth-order valence-electron chi connectivity index (χ4n) is 2.95. The van der Waals surface area contributed by atoms with Crippen LogP contribution in [-0.4, -0.2) is 60.4 Å². The van der Waals surface area contributed by atoms with Gasteiger partial charge in [-0.05, 0) is 42.3 Å². The number of rotatable bonds is 8. The van der Waals surface area contributed by atoms with Crippen LogP contribution in [0, 0.1) is 5.92 Å². The topological polar surface area (TPSA) is 74.8 Å². The van der Waals surface area contributed by atoms with Crippen molar-refractivity contribution >= 4 is 23.4 Å². The number of hydrogen-bond acceptors (Lipinski definition) is 4. The summed E-state index contributed by atoms with van der Waals surface area (Å²) in [5.41, 5.74) is 2.83. The number of ketones is 2. The van der Waals surface area contributed by atoms with Crippen molar-refractivity contribution in [3.63, 3.8) is 0 Å². The fourth-order valence-corrected chi connectivity index (χ4v) is 2.95. The van der Waals surface area contributed by atoms with Crippen LogP contribution in [0.1, 0.15) is 41.5 Å². The van der Waals surface area contributed by atoms with Crippen LogP contribution >= 0.6 is 0 Å². The van der Waals surface area contributed by atoms with Crippen LogP contribution < -0.4 is 0 Å². The molecule has 0 N–H and O–H groups in total. The first-order valence-electron chi connectivity index (χ1n) is 9.83. The highest BCUT2D eigenvalue weighted by Gasteiger charge is 2.17. The van der Waals surface area contributed by atoms with Gasteiger partial charge >= 0.3 is 0 Å². The SMILES string of the molecule is CC(=O)CN(C)C(=O)c1ccc(-c2ccc(C(=O)N(C)CC(=O)C(C)C)cc2)cc1. The quantitative estimate of drug-likeness (QED) is 0.672. The van der Waals surface area contributed by atoms with E-state index in [-0.39, 0.29) is 42.4 Å². The molecular formula is C24H28N2O4. The summed E-state index contributed by atoms with van der Waals surface area (Å²) in [7, 11) is 3.22. The minimum absolute atomic E-state index is 0.0195. The predicted octanol–water partition coefficient (Wildman–Crippen LogP) is 3.31. The standard InChI is InChI=1S/C24H28N2O4/c1-16(2)22(28)15-26(5)24(30)21-12-8-19(9-13-21)18-6-10-20(11-7-18)23(29)25(4)14-17(3)27/h6-13,16H,14-15H2,1-5H3. The van der Waals surface area contributed by atoms with Crippen molar-refractivity contribution in [2.45, 2.75) is 20.8 Å². The third kappa shape index (κ3) is 5.86. The zero-order chi connectivity index (χ0) is 22.4. The molecule has 0 spiro atoms. The van der Waals surface area contributed by atoms with Gasteiger partial charge in [0.15, 0.2) is 5.78 Å². The molecule has 0 atom stereocenters. The normalized spacial score (nSPS) is 10.6. The highest BCUT2D eigenvalue weighted by atomic mass is 16.2. The molecule has 2 rings (SSSR count). The number of amides is 2. The van der Waals surface area contributed by atoms with Gasteiger partial charge in [0.25, 0.3) is 11.8 Å². The summed E-state index contributed by atoms with van der Waals surface area (Å²) in [5.74, 6) is -0.580. The Labute approximate surface area is 177 Å². The summed E-state index contributed by atoms with van der Waals surface area (Å²) in [4.78, 5) is 50.7. The molecule has 0 aliphatic rings. The van der Waals surface area contributed by atoms with Gasteiger partial charge < -0.3 is 9.80 Å². The van der Waals surface area contributed by atoms with Crippen molar-refractivity contribution in [3.8, 4) is 11.1 Å². The predicted molar refractivity (Wildman–Crippen MR) is 116 cm³/mol. The van der Waals surface area contributed by atoms with E-state index in [2.05, 4.69) is 0 Å². The molecule has 6 nitrogen and oxygen atoms in total. The van der Waals surface area contributed by atoms with Gasteiger partial charge in [-0.3, -0.25) is 19.2 Å². The Kier molecular flexibility index (Phi) is 7.64. The lowest BCUT2D eigenvalue weighted by Crippen LogP contribution is -2.33.